The lowest BCUT2D eigenvalue weighted by molar-refractivity contribution is -0.462. The number of carboxylic acid groups (broad SMARTS) is 1. The molecular weight excluding hydrogens is 554 g/mol. The summed E-state index contributed by atoms with van der Waals surface area (Å²) in [6.45, 7) is 8.35. The molecule has 0 aliphatic heterocycles. The van der Waals surface area contributed by atoms with Gasteiger partial charge in [0, 0.05) is 50.4 Å². The number of hydrogen-bond acceptors (Lipinski definition) is 5. The predicted molar refractivity (Wildman–Crippen MR) is 158 cm³/mol. The van der Waals surface area contributed by atoms with E-state index in [9.17, 15) is 13.2 Å². The van der Waals surface area contributed by atoms with Crippen LogP contribution in [0.5, 0.6) is 0 Å². The highest BCUT2D eigenvalue weighted by atomic mass is 31.2. The second kappa shape index (κ2) is 12.0. The molecule has 222 valence electrons. The topological polar surface area (TPSA) is 75.9 Å². The highest BCUT2D eigenvalue weighted by molar-refractivity contribution is 7.65. The van der Waals surface area contributed by atoms with Gasteiger partial charge in [-0.3, -0.25) is 4.57 Å². The number of hydrogen-bond donors (Lipinski definition) is 0. The quantitative estimate of drug-likeness (QED) is 0.228. The van der Waals surface area contributed by atoms with Gasteiger partial charge in [-0.15, -0.1) is 0 Å². The Bertz CT molecular complexity index is 1580. The lowest BCUT2D eigenvalue weighted by Crippen LogP contribution is -2.39. The van der Waals surface area contributed by atoms with Crippen LogP contribution in [0.1, 0.15) is 38.8 Å². The SMILES string of the molecule is COP(=O)(c1c2c3c(cccc3c3cc(N(C)C)ccc13)C(=[N+](C)C)C=C2)N(C(C)C)C(C)C.O=C([O-])C(F)(F)F. The number of alkyl halides is 3. The number of fused-ring (bicyclic) bond motifs is 2. The smallest absolute Gasteiger partial charge is 0.430 e. The first-order valence-electron chi connectivity index (χ1n) is 13.1. The Morgan fingerprint density at radius 3 is 2.02 bits per heavy atom. The summed E-state index contributed by atoms with van der Waals surface area (Å²) in [5, 5.41) is 14.0. The molecule has 0 saturated carbocycles. The predicted octanol–water partition coefficient (Wildman–Crippen LogP) is 5.03. The van der Waals surface area contributed by atoms with Crippen LogP contribution in [-0.4, -0.2) is 74.5 Å². The van der Waals surface area contributed by atoms with Crippen LogP contribution in [0.25, 0.3) is 27.6 Å². The molecule has 1 atom stereocenters. The summed E-state index contributed by atoms with van der Waals surface area (Å²) in [5.41, 5.74) is 4.41. The number of nitrogens with zero attached hydrogens (tertiary/aromatic N) is 3. The van der Waals surface area contributed by atoms with E-state index in [1.165, 1.54) is 5.39 Å². The van der Waals surface area contributed by atoms with Crippen molar-refractivity contribution >= 4 is 57.8 Å². The van der Waals surface area contributed by atoms with Crippen molar-refractivity contribution in [3.05, 3.63) is 53.6 Å². The number of anilines is 1. The van der Waals surface area contributed by atoms with Crippen LogP contribution < -0.4 is 15.3 Å². The number of rotatable bonds is 6. The van der Waals surface area contributed by atoms with Crippen molar-refractivity contribution in [1.82, 2.24) is 4.67 Å². The molecule has 1 aliphatic rings. The van der Waals surface area contributed by atoms with E-state index in [0.717, 1.165) is 44.0 Å². The standard InChI is InChI=1S/C28H37N3O2P.C2HF3O2/c1-18(2)31(19(3)4)34(32,33-9)28-22-14-13-20(29(5)6)17-25(22)21-11-10-12-23-26(30(7)8)16-15-24(28)27(21)23;3-2(4,5)1(6)7/h10-19H,1-9H3;(H,6,7)/q+1;/p-1. The third-order valence-corrected chi connectivity index (χ3v) is 10.0. The van der Waals surface area contributed by atoms with Crippen LogP contribution in [-0.2, 0) is 13.9 Å². The molecule has 0 aromatic heterocycles. The summed E-state index contributed by atoms with van der Waals surface area (Å²) in [5.74, 6) is -3.01. The molecule has 0 bridgehead atoms. The van der Waals surface area contributed by atoms with Gasteiger partial charge in [0.25, 0.3) is 0 Å². The van der Waals surface area contributed by atoms with Crippen LogP contribution in [0.4, 0.5) is 18.9 Å². The lowest BCUT2D eigenvalue weighted by Gasteiger charge is -2.38. The molecule has 0 N–H and O–H groups in total. The maximum absolute atomic E-state index is 15.0. The summed E-state index contributed by atoms with van der Waals surface area (Å²) >= 11 is 0. The Labute approximate surface area is 239 Å². The van der Waals surface area contributed by atoms with Crippen molar-refractivity contribution in [2.45, 2.75) is 46.0 Å². The van der Waals surface area contributed by atoms with Gasteiger partial charge >= 0.3 is 13.7 Å². The zero-order valence-electron chi connectivity index (χ0n) is 24.8. The number of carbonyl (C=O) groups excluding carboxylic acids is 1. The lowest BCUT2D eigenvalue weighted by atomic mass is 9.88. The highest BCUT2D eigenvalue weighted by Gasteiger charge is 2.41. The fourth-order valence-corrected chi connectivity index (χ4v) is 8.21. The molecule has 1 aliphatic carbocycles. The number of carboxylic acids is 1. The Kier molecular flexibility index (Phi) is 9.43. The van der Waals surface area contributed by atoms with E-state index < -0.39 is 19.7 Å². The molecule has 11 heteroatoms. The molecule has 41 heavy (non-hydrogen) atoms. The first-order chi connectivity index (χ1) is 19.0. The van der Waals surface area contributed by atoms with Crippen molar-refractivity contribution in [2.75, 3.05) is 40.2 Å². The molecular formula is C30H37F3N3O4P. The Morgan fingerprint density at radius 2 is 1.56 bits per heavy atom. The van der Waals surface area contributed by atoms with Gasteiger partial charge in [0.05, 0.1) is 10.9 Å². The summed E-state index contributed by atoms with van der Waals surface area (Å²) < 4.78 is 56.8. The van der Waals surface area contributed by atoms with E-state index in [4.69, 9.17) is 14.4 Å². The van der Waals surface area contributed by atoms with Crippen molar-refractivity contribution in [3.63, 3.8) is 0 Å². The maximum atomic E-state index is 15.0. The summed E-state index contributed by atoms with van der Waals surface area (Å²) in [4.78, 5) is 10.9. The molecule has 4 rings (SSSR count). The molecule has 0 saturated heterocycles. The summed E-state index contributed by atoms with van der Waals surface area (Å²) in [6.07, 6.45) is -0.931. The fourth-order valence-electron chi connectivity index (χ4n) is 5.40. The summed E-state index contributed by atoms with van der Waals surface area (Å²) in [7, 11) is 6.41. The van der Waals surface area contributed by atoms with Gasteiger partial charge in [0.2, 0.25) is 5.71 Å². The van der Waals surface area contributed by atoms with Gasteiger partial charge in [-0.05, 0) is 73.7 Å². The van der Waals surface area contributed by atoms with E-state index in [1.54, 1.807) is 7.11 Å². The molecule has 0 radical (unpaired) electrons. The van der Waals surface area contributed by atoms with Gasteiger partial charge in [0.1, 0.15) is 20.1 Å². The fraction of sp³-hybridized carbons (Fsp3) is 0.400. The Balaban J connectivity index is 0.000000587. The van der Waals surface area contributed by atoms with Gasteiger partial charge in [-0.2, -0.15) is 13.2 Å². The van der Waals surface area contributed by atoms with Crippen LogP contribution in [0.3, 0.4) is 0 Å². The molecule has 0 fully saturated rings. The van der Waals surface area contributed by atoms with Crippen LogP contribution in [0.15, 0.2) is 42.5 Å². The molecule has 1 unspecified atom stereocenters. The Morgan fingerprint density at radius 1 is 0.976 bits per heavy atom. The third kappa shape index (κ3) is 6.05. The molecule has 3 aromatic rings. The van der Waals surface area contributed by atoms with Gasteiger partial charge in [0.15, 0.2) is 0 Å². The molecule has 7 nitrogen and oxygen atoms in total. The zero-order valence-corrected chi connectivity index (χ0v) is 25.7. The normalized spacial score (nSPS) is 14.5. The molecule has 0 heterocycles. The number of benzene rings is 3. The minimum absolute atomic E-state index is 0.0523. The molecule has 3 aromatic carbocycles. The van der Waals surface area contributed by atoms with E-state index in [1.807, 2.05) is 18.8 Å². The molecule has 0 amide bonds. The second-order valence-corrected chi connectivity index (χ2v) is 13.1. The average molecular weight is 592 g/mol. The van der Waals surface area contributed by atoms with Gasteiger partial charge < -0.3 is 19.3 Å². The van der Waals surface area contributed by atoms with Gasteiger partial charge in [-0.1, -0.05) is 18.2 Å². The zero-order chi connectivity index (χ0) is 31.0. The van der Waals surface area contributed by atoms with Crippen molar-refractivity contribution < 1.29 is 36.7 Å². The second-order valence-electron chi connectivity index (χ2n) is 10.8. The van der Waals surface area contributed by atoms with E-state index in [-0.39, 0.29) is 12.1 Å². The minimum atomic E-state index is -5.19. The largest absolute Gasteiger partial charge is 0.542 e. The average Bonchev–Trinajstić information content (AvgIpc) is 2.87. The van der Waals surface area contributed by atoms with Crippen LogP contribution >= 0.6 is 7.52 Å². The third-order valence-electron chi connectivity index (χ3n) is 6.94. The number of carbonyl (C=O) groups is 1. The number of allylic oxidation sites excluding steroid dienone is 1. The number of halogens is 3. The Hall–Kier alpha value is -3.20. The van der Waals surface area contributed by atoms with E-state index in [2.05, 4.69) is 99.8 Å². The van der Waals surface area contributed by atoms with Crippen molar-refractivity contribution in [1.29, 1.82) is 0 Å². The maximum Gasteiger partial charge on any atom is 0.430 e. The van der Waals surface area contributed by atoms with E-state index in [0.29, 0.717) is 0 Å². The van der Waals surface area contributed by atoms with Crippen molar-refractivity contribution in [3.8, 4) is 0 Å². The van der Waals surface area contributed by atoms with E-state index >= 15 is 4.57 Å². The van der Waals surface area contributed by atoms with Gasteiger partial charge in [-0.25, -0.2) is 9.25 Å². The summed E-state index contributed by atoms with van der Waals surface area (Å²) in [6, 6.07) is 13.0. The first-order valence-corrected chi connectivity index (χ1v) is 14.7. The first kappa shape index (κ1) is 32.3. The monoisotopic (exact) mass is 591 g/mol. The number of aliphatic carboxylic acids is 1. The molecule has 0 spiro atoms. The van der Waals surface area contributed by atoms with Crippen LogP contribution in [0, 0.1) is 0 Å². The van der Waals surface area contributed by atoms with Crippen LogP contribution in [0.2, 0.25) is 0 Å². The minimum Gasteiger partial charge on any atom is -0.542 e. The van der Waals surface area contributed by atoms with Crippen molar-refractivity contribution in [2.24, 2.45) is 0 Å². The highest BCUT2D eigenvalue weighted by Crippen LogP contribution is 2.55.